The predicted octanol–water partition coefficient (Wildman–Crippen LogP) is 1.42. The molecule has 0 aromatic carbocycles. The summed E-state index contributed by atoms with van der Waals surface area (Å²) in [5.74, 6) is 0.273. The molecule has 2 aromatic heterocycles. The number of ether oxygens (including phenoxy) is 2. The number of amides is 1. The Balaban J connectivity index is 1.65. The van der Waals surface area contributed by atoms with E-state index in [2.05, 4.69) is 9.88 Å². The van der Waals surface area contributed by atoms with Crippen molar-refractivity contribution in [3.05, 3.63) is 58.1 Å². The fraction of sp³-hybridized carbons (Fsp3) is 0.455. The van der Waals surface area contributed by atoms with Crippen molar-refractivity contribution in [2.24, 2.45) is 0 Å². The highest BCUT2D eigenvalue weighted by molar-refractivity contribution is 5.94. The topological polar surface area (TPSA) is 94.0 Å². The summed E-state index contributed by atoms with van der Waals surface area (Å²) in [5, 5.41) is 0. The number of nitrogens with zero attached hydrogens (tertiary/aromatic N) is 4. The van der Waals surface area contributed by atoms with Crippen LogP contribution in [0.3, 0.4) is 0 Å². The van der Waals surface area contributed by atoms with Gasteiger partial charge in [0.1, 0.15) is 5.82 Å². The Bertz CT molecular complexity index is 957. The van der Waals surface area contributed by atoms with Gasteiger partial charge in [0.05, 0.1) is 24.3 Å². The van der Waals surface area contributed by atoms with Crippen molar-refractivity contribution in [1.29, 1.82) is 0 Å². The number of carbonyl (C=O) groups excluding carboxylic acids is 2. The van der Waals surface area contributed by atoms with E-state index >= 15 is 0 Å². The summed E-state index contributed by atoms with van der Waals surface area (Å²) in [4.78, 5) is 45.1. The first-order valence-corrected chi connectivity index (χ1v) is 10.4. The second-order valence-corrected chi connectivity index (χ2v) is 7.20. The molecule has 1 aliphatic rings. The zero-order valence-electron chi connectivity index (χ0n) is 18.0. The number of carbonyl (C=O) groups is 2. The van der Waals surface area contributed by atoms with Gasteiger partial charge in [-0.1, -0.05) is 0 Å². The summed E-state index contributed by atoms with van der Waals surface area (Å²) in [6.07, 6.45) is 3.91. The fourth-order valence-electron chi connectivity index (χ4n) is 3.46. The van der Waals surface area contributed by atoms with Gasteiger partial charge in [-0.25, -0.2) is 9.78 Å². The molecule has 0 aliphatic carbocycles. The standard InChI is InChI=1S/C22H28N4O5/c1-3-31-22(29)17-5-7-19(23-15-17)24-9-4-10-25(12-11-24)21(28)18-6-8-20(27)26(16-18)13-14-30-2/h5-8,15-16H,3-4,9-14H2,1-2H3. The number of esters is 1. The molecule has 2 aromatic rings. The molecule has 9 nitrogen and oxygen atoms in total. The van der Waals surface area contributed by atoms with Crippen LogP contribution in [0.5, 0.6) is 0 Å². The van der Waals surface area contributed by atoms with Gasteiger partial charge in [-0.3, -0.25) is 9.59 Å². The van der Waals surface area contributed by atoms with E-state index in [1.165, 1.54) is 16.8 Å². The SMILES string of the molecule is CCOC(=O)c1ccc(N2CCCN(C(=O)c3ccc(=O)n(CCOC)c3)CC2)nc1. The van der Waals surface area contributed by atoms with Crippen molar-refractivity contribution in [1.82, 2.24) is 14.5 Å². The summed E-state index contributed by atoms with van der Waals surface area (Å²) < 4.78 is 11.5. The molecule has 1 fully saturated rings. The van der Waals surface area contributed by atoms with Crippen LogP contribution in [0.4, 0.5) is 5.82 Å². The highest BCUT2D eigenvalue weighted by atomic mass is 16.5. The average Bonchev–Trinajstić information content (AvgIpc) is 3.05. The van der Waals surface area contributed by atoms with Crippen LogP contribution in [0.2, 0.25) is 0 Å². The van der Waals surface area contributed by atoms with Crippen molar-refractivity contribution < 1.29 is 19.1 Å². The van der Waals surface area contributed by atoms with E-state index in [0.29, 0.717) is 50.5 Å². The highest BCUT2D eigenvalue weighted by Gasteiger charge is 2.22. The van der Waals surface area contributed by atoms with Gasteiger partial charge in [0.2, 0.25) is 0 Å². The maximum atomic E-state index is 13.0. The molecule has 1 amide bonds. The summed E-state index contributed by atoms with van der Waals surface area (Å²) in [6.45, 7) is 5.42. The second-order valence-electron chi connectivity index (χ2n) is 7.20. The molecule has 166 valence electrons. The number of rotatable bonds is 7. The lowest BCUT2D eigenvalue weighted by atomic mass is 10.2. The minimum atomic E-state index is -0.388. The van der Waals surface area contributed by atoms with Crippen molar-refractivity contribution in [3.63, 3.8) is 0 Å². The van der Waals surface area contributed by atoms with Crippen LogP contribution in [0.1, 0.15) is 34.1 Å². The molecule has 0 unspecified atom stereocenters. The van der Waals surface area contributed by atoms with Crippen molar-refractivity contribution in [2.75, 3.05) is 51.4 Å². The first-order valence-electron chi connectivity index (χ1n) is 10.4. The molecule has 0 bridgehead atoms. The molecule has 0 atom stereocenters. The Kier molecular flexibility index (Phi) is 7.77. The average molecular weight is 428 g/mol. The van der Waals surface area contributed by atoms with Crippen LogP contribution in [-0.4, -0.2) is 72.8 Å². The van der Waals surface area contributed by atoms with Gasteiger partial charge in [0, 0.05) is 58.3 Å². The number of aromatic nitrogens is 2. The lowest BCUT2D eigenvalue weighted by Gasteiger charge is -2.23. The van der Waals surface area contributed by atoms with E-state index in [4.69, 9.17) is 9.47 Å². The molecule has 0 radical (unpaired) electrons. The van der Waals surface area contributed by atoms with Crippen LogP contribution in [0.15, 0.2) is 41.5 Å². The van der Waals surface area contributed by atoms with Gasteiger partial charge in [-0.05, 0) is 31.5 Å². The normalized spacial score (nSPS) is 14.3. The number of anilines is 1. The Hall–Kier alpha value is -3.20. The maximum absolute atomic E-state index is 13.0. The van der Waals surface area contributed by atoms with Crippen LogP contribution in [0.25, 0.3) is 0 Å². The lowest BCUT2D eigenvalue weighted by molar-refractivity contribution is 0.0525. The third-order valence-electron chi connectivity index (χ3n) is 5.13. The molecular formula is C22H28N4O5. The minimum Gasteiger partial charge on any atom is -0.462 e. The summed E-state index contributed by atoms with van der Waals surface area (Å²) in [7, 11) is 1.57. The fourth-order valence-corrected chi connectivity index (χ4v) is 3.46. The van der Waals surface area contributed by atoms with Gasteiger partial charge < -0.3 is 23.8 Å². The Morgan fingerprint density at radius 3 is 2.58 bits per heavy atom. The van der Waals surface area contributed by atoms with Crippen molar-refractivity contribution in [3.8, 4) is 0 Å². The molecule has 9 heteroatoms. The summed E-state index contributed by atoms with van der Waals surface area (Å²) in [6, 6.07) is 6.50. The van der Waals surface area contributed by atoms with E-state index < -0.39 is 0 Å². The van der Waals surface area contributed by atoms with E-state index in [0.717, 1.165) is 18.8 Å². The number of pyridine rings is 2. The van der Waals surface area contributed by atoms with E-state index in [-0.39, 0.29) is 17.4 Å². The van der Waals surface area contributed by atoms with Gasteiger partial charge in [-0.15, -0.1) is 0 Å². The summed E-state index contributed by atoms with van der Waals surface area (Å²) in [5.41, 5.74) is 0.745. The molecule has 1 aliphatic heterocycles. The van der Waals surface area contributed by atoms with Gasteiger partial charge >= 0.3 is 5.97 Å². The van der Waals surface area contributed by atoms with E-state index in [1.54, 1.807) is 43.3 Å². The molecule has 0 spiro atoms. The molecule has 3 rings (SSSR count). The third-order valence-corrected chi connectivity index (χ3v) is 5.13. The molecule has 0 N–H and O–H groups in total. The monoisotopic (exact) mass is 428 g/mol. The smallest absolute Gasteiger partial charge is 0.339 e. The van der Waals surface area contributed by atoms with Gasteiger partial charge in [0.25, 0.3) is 11.5 Å². The number of hydrogen-bond donors (Lipinski definition) is 0. The zero-order chi connectivity index (χ0) is 22.2. The molecule has 3 heterocycles. The summed E-state index contributed by atoms with van der Waals surface area (Å²) >= 11 is 0. The number of methoxy groups -OCH3 is 1. The van der Waals surface area contributed by atoms with Crippen LogP contribution in [0, 0.1) is 0 Å². The Morgan fingerprint density at radius 2 is 1.87 bits per heavy atom. The quantitative estimate of drug-likeness (QED) is 0.616. The Morgan fingerprint density at radius 1 is 1.06 bits per heavy atom. The van der Waals surface area contributed by atoms with Crippen molar-refractivity contribution >= 4 is 17.7 Å². The predicted molar refractivity (Wildman–Crippen MR) is 116 cm³/mol. The highest BCUT2D eigenvalue weighted by Crippen LogP contribution is 2.16. The Labute approximate surface area is 181 Å². The van der Waals surface area contributed by atoms with E-state index in [9.17, 15) is 14.4 Å². The van der Waals surface area contributed by atoms with Crippen LogP contribution in [-0.2, 0) is 16.0 Å². The molecule has 1 saturated heterocycles. The maximum Gasteiger partial charge on any atom is 0.339 e. The molecule has 31 heavy (non-hydrogen) atoms. The zero-order valence-corrected chi connectivity index (χ0v) is 18.0. The van der Waals surface area contributed by atoms with Gasteiger partial charge in [0.15, 0.2) is 0 Å². The molecular weight excluding hydrogens is 400 g/mol. The number of hydrogen-bond acceptors (Lipinski definition) is 7. The van der Waals surface area contributed by atoms with Gasteiger partial charge in [-0.2, -0.15) is 0 Å². The largest absolute Gasteiger partial charge is 0.462 e. The third kappa shape index (κ3) is 5.69. The lowest BCUT2D eigenvalue weighted by Crippen LogP contribution is -2.36. The molecule has 0 saturated carbocycles. The van der Waals surface area contributed by atoms with E-state index in [1.807, 2.05) is 0 Å². The minimum absolute atomic E-state index is 0.0985. The van der Waals surface area contributed by atoms with Crippen molar-refractivity contribution in [2.45, 2.75) is 19.9 Å². The van der Waals surface area contributed by atoms with Crippen LogP contribution >= 0.6 is 0 Å². The van der Waals surface area contributed by atoms with Crippen LogP contribution < -0.4 is 10.5 Å². The second kappa shape index (κ2) is 10.7. The first-order chi connectivity index (χ1) is 15.0. The first kappa shape index (κ1) is 22.5.